The fraction of sp³-hybridized carbons (Fsp3) is 0.300. The number of hydrogen-bond donors (Lipinski definition) is 1. The second kappa shape index (κ2) is 2.45. The van der Waals surface area contributed by atoms with E-state index in [9.17, 15) is 4.79 Å². The minimum Gasteiger partial charge on any atom is -0.277 e. The Kier molecular flexibility index (Phi) is 1.38. The fourth-order valence-electron chi connectivity index (χ4n) is 1.72. The van der Waals surface area contributed by atoms with E-state index in [1.165, 1.54) is 29.9 Å². The van der Waals surface area contributed by atoms with Crippen LogP contribution in [0.1, 0.15) is 24.3 Å². The molecular weight excluding hydrogens is 182 g/mol. The molecule has 1 N–H and O–H groups in total. The van der Waals surface area contributed by atoms with E-state index in [2.05, 4.69) is 10.4 Å². The van der Waals surface area contributed by atoms with Crippen molar-refractivity contribution in [3.63, 3.8) is 0 Å². The molecule has 1 aromatic heterocycles. The Morgan fingerprint density at radius 3 is 3.00 bits per heavy atom. The molecule has 13 heavy (non-hydrogen) atoms. The minimum atomic E-state index is 0.0579. The third-order valence-electron chi connectivity index (χ3n) is 2.55. The summed E-state index contributed by atoms with van der Waals surface area (Å²) in [6.45, 7) is 0. The number of benzene rings is 1. The first-order valence-electron chi connectivity index (χ1n) is 4.46. The van der Waals surface area contributed by atoms with Crippen molar-refractivity contribution in [1.29, 1.82) is 0 Å². The predicted octanol–water partition coefficient (Wildman–Crippen LogP) is 2.47. The molecule has 1 aliphatic carbocycles. The van der Waals surface area contributed by atoms with Gasteiger partial charge in [-0.25, -0.2) is 0 Å². The molecule has 1 heterocycles. The third-order valence-corrected chi connectivity index (χ3v) is 3.50. The van der Waals surface area contributed by atoms with Gasteiger partial charge >= 0.3 is 0 Å². The van der Waals surface area contributed by atoms with Gasteiger partial charge < -0.3 is 0 Å². The highest BCUT2D eigenvalue weighted by Crippen LogP contribution is 2.43. The summed E-state index contributed by atoms with van der Waals surface area (Å²) >= 11 is 1.47. The molecule has 0 radical (unpaired) electrons. The molecule has 0 amide bonds. The summed E-state index contributed by atoms with van der Waals surface area (Å²) in [4.78, 5) is 11.3. The van der Waals surface area contributed by atoms with Gasteiger partial charge in [-0.2, -0.15) is 0 Å². The highest BCUT2D eigenvalue weighted by Gasteiger charge is 2.25. The average Bonchev–Trinajstić information content (AvgIpc) is 2.92. The molecule has 3 heteroatoms. The zero-order chi connectivity index (χ0) is 8.84. The quantitative estimate of drug-likeness (QED) is 0.738. The summed E-state index contributed by atoms with van der Waals surface area (Å²) in [5, 5.41) is 0.856. The highest BCUT2D eigenvalue weighted by atomic mass is 32.1. The minimum absolute atomic E-state index is 0.0579. The maximum absolute atomic E-state index is 11.3. The summed E-state index contributed by atoms with van der Waals surface area (Å²) < 4.78 is 3.95. The van der Waals surface area contributed by atoms with Crippen LogP contribution in [0.15, 0.2) is 23.0 Å². The monoisotopic (exact) mass is 191 g/mol. The van der Waals surface area contributed by atoms with Crippen molar-refractivity contribution >= 4 is 21.6 Å². The zero-order valence-electron chi connectivity index (χ0n) is 7.04. The molecule has 0 atom stereocenters. The van der Waals surface area contributed by atoms with Crippen LogP contribution in [0.3, 0.4) is 0 Å². The average molecular weight is 191 g/mol. The summed E-state index contributed by atoms with van der Waals surface area (Å²) in [7, 11) is 0. The van der Waals surface area contributed by atoms with Crippen LogP contribution in [-0.4, -0.2) is 4.37 Å². The van der Waals surface area contributed by atoms with Crippen molar-refractivity contribution in [3.8, 4) is 0 Å². The van der Waals surface area contributed by atoms with Crippen LogP contribution in [-0.2, 0) is 0 Å². The number of fused-ring (bicyclic) bond motifs is 1. The van der Waals surface area contributed by atoms with E-state index in [0.29, 0.717) is 0 Å². The summed E-state index contributed by atoms with van der Waals surface area (Å²) in [6, 6.07) is 6.03. The third kappa shape index (κ3) is 1.04. The topological polar surface area (TPSA) is 32.9 Å². The van der Waals surface area contributed by atoms with E-state index >= 15 is 0 Å². The van der Waals surface area contributed by atoms with Crippen LogP contribution in [0, 0.1) is 0 Å². The van der Waals surface area contributed by atoms with Crippen molar-refractivity contribution < 1.29 is 0 Å². The van der Waals surface area contributed by atoms with Crippen LogP contribution < -0.4 is 5.56 Å². The van der Waals surface area contributed by atoms with Crippen molar-refractivity contribution in [2.45, 2.75) is 18.8 Å². The number of H-pyrrole nitrogens is 1. The Bertz CT molecular complexity index is 507. The van der Waals surface area contributed by atoms with Gasteiger partial charge in [-0.15, -0.1) is 0 Å². The van der Waals surface area contributed by atoms with Gasteiger partial charge in [0.05, 0.1) is 10.1 Å². The lowest BCUT2D eigenvalue weighted by molar-refractivity contribution is 1.16. The van der Waals surface area contributed by atoms with E-state index in [1.54, 1.807) is 0 Å². The second-order valence-corrected chi connectivity index (χ2v) is 4.35. The largest absolute Gasteiger partial charge is 0.277 e. The van der Waals surface area contributed by atoms with Crippen molar-refractivity contribution in [2.24, 2.45) is 0 Å². The smallest absolute Gasteiger partial charge is 0.265 e. The summed E-state index contributed by atoms with van der Waals surface area (Å²) in [5.41, 5.74) is 1.42. The van der Waals surface area contributed by atoms with Crippen LogP contribution >= 0.6 is 11.5 Å². The number of hydrogen-bond acceptors (Lipinski definition) is 2. The number of rotatable bonds is 1. The lowest BCUT2D eigenvalue weighted by atomic mass is 10.1. The summed E-state index contributed by atoms with van der Waals surface area (Å²) in [5.74, 6) is 0.718. The maximum Gasteiger partial charge on any atom is 0.265 e. The van der Waals surface area contributed by atoms with Crippen LogP contribution in [0.5, 0.6) is 0 Å². The van der Waals surface area contributed by atoms with Gasteiger partial charge in [0.1, 0.15) is 0 Å². The Morgan fingerprint density at radius 1 is 1.38 bits per heavy atom. The molecule has 0 spiro atoms. The molecule has 0 aliphatic heterocycles. The van der Waals surface area contributed by atoms with Crippen LogP contribution in [0.25, 0.3) is 10.1 Å². The number of aromatic amines is 1. The normalized spacial score (nSPS) is 16.6. The predicted molar refractivity (Wildman–Crippen MR) is 54.4 cm³/mol. The molecular formula is C10H9NOS. The Labute approximate surface area is 79.4 Å². The van der Waals surface area contributed by atoms with Crippen LogP contribution in [0.2, 0.25) is 0 Å². The van der Waals surface area contributed by atoms with Gasteiger partial charge in [0, 0.05) is 0 Å². The van der Waals surface area contributed by atoms with E-state index in [0.717, 1.165) is 16.0 Å². The molecule has 2 nitrogen and oxygen atoms in total. The van der Waals surface area contributed by atoms with Gasteiger partial charge in [-0.05, 0) is 30.4 Å². The van der Waals surface area contributed by atoms with E-state index in [-0.39, 0.29) is 5.56 Å². The first kappa shape index (κ1) is 7.33. The molecule has 1 aromatic carbocycles. The van der Waals surface area contributed by atoms with E-state index in [4.69, 9.17) is 0 Å². The van der Waals surface area contributed by atoms with Gasteiger partial charge in [0.25, 0.3) is 5.56 Å². The maximum atomic E-state index is 11.3. The molecule has 0 unspecified atom stereocenters. The van der Waals surface area contributed by atoms with Crippen LogP contribution in [0.4, 0.5) is 0 Å². The van der Waals surface area contributed by atoms with Gasteiger partial charge in [-0.3, -0.25) is 9.17 Å². The van der Waals surface area contributed by atoms with Crippen molar-refractivity contribution in [2.75, 3.05) is 0 Å². The first-order chi connectivity index (χ1) is 6.36. The summed E-state index contributed by atoms with van der Waals surface area (Å²) in [6.07, 6.45) is 2.57. The molecule has 1 fully saturated rings. The molecule has 2 aromatic rings. The van der Waals surface area contributed by atoms with E-state index < -0.39 is 0 Å². The number of aromatic nitrogens is 1. The molecule has 1 saturated carbocycles. The lowest BCUT2D eigenvalue weighted by Gasteiger charge is -1.96. The first-order valence-corrected chi connectivity index (χ1v) is 5.28. The van der Waals surface area contributed by atoms with Gasteiger partial charge in [0.15, 0.2) is 0 Å². The zero-order valence-corrected chi connectivity index (χ0v) is 7.86. The SMILES string of the molecule is O=c1[nH]sc2c(C3CC3)cccc12. The van der Waals surface area contributed by atoms with Gasteiger partial charge in [-0.1, -0.05) is 23.7 Å². The number of nitrogens with one attached hydrogen (secondary N) is 1. The molecule has 1 aliphatic rings. The Morgan fingerprint density at radius 2 is 2.23 bits per heavy atom. The lowest BCUT2D eigenvalue weighted by Crippen LogP contribution is -1.95. The van der Waals surface area contributed by atoms with E-state index in [1.807, 2.05) is 12.1 Å². The molecule has 0 bridgehead atoms. The van der Waals surface area contributed by atoms with Crippen molar-refractivity contribution in [1.82, 2.24) is 4.37 Å². The fourth-order valence-corrected chi connectivity index (χ4v) is 2.64. The Hall–Kier alpha value is -1.09. The second-order valence-electron chi connectivity index (χ2n) is 3.53. The standard InChI is InChI=1S/C10H9NOS/c12-10-8-3-1-2-7(6-4-5-6)9(8)13-11-10/h1-3,6H,4-5H2,(H,11,12). The molecule has 66 valence electrons. The van der Waals surface area contributed by atoms with Crippen molar-refractivity contribution in [3.05, 3.63) is 34.1 Å². The van der Waals surface area contributed by atoms with Gasteiger partial charge in [0.2, 0.25) is 0 Å². The molecule has 3 rings (SSSR count). The molecule has 0 saturated heterocycles. The Balaban J connectivity index is 2.39. The highest BCUT2D eigenvalue weighted by molar-refractivity contribution is 7.13.